The third-order valence-electron chi connectivity index (χ3n) is 4.84. The van der Waals surface area contributed by atoms with Gasteiger partial charge in [0.05, 0.1) is 0 Å². The first-order valence-electron chi connectivity index (χ1n) is 8.84. The Bertz CT molecular complexity index is 1260. The summed E-state index contributed by atoms with van der Waals surface area (Å²) >= 11 is 1.37. The van der Waals surface area contributed by atoms with E-state index in [1.807, 2.05) is 39.6 Å². The van der Waals surface area contributed by atoms with Crippen molar-refractivity contribution in [3.05, 3.63) is 58.1 Å². The molecule has 1 aliphatic heterocycles. The Morgan fingerprint density at radius 1 is 1.07 bits per heavy atom. The zero-order valence-electron chi connectivity index (χ0n) is 17.1. The largest absolute Gasteiger partial charge is 1.00 e. The second-order valence-corrected chi connectivity index (χ2v) is 10.3. The van der Waals surface area contributed by atoms with Gasteiger partial charge in [-0.1, -0.05) is 0 Å². The van der Waals surface area contributed by atoms with E-state index in [0.29, 0.717) is 0 Å². The van der Waals surface area contributed by atoms with Crippen LogP contribution in [0.15, 0.2) is 47.8 Å². The number of carboxylic acid groups (broad SMARTS) is 1. The number of fused-ring (bicyclic) bond motifs is 2. The summed E-state index contributed by atoms with van der Waals surface area (Å²) < 4.78 is 4.64. The molecule has 29 heavy (non-hydrogen) atoms. The van der Waals surface area contributed by atoms with Crippen LogP contribution in [0.4, 0.5) is 5.69 Å². The van der Waals surface area contributed by atoms with Crippen LogP contribution in [0.3, 0.4) is 0 Å². The van der Waals surface area contributed by atoms with Crippen molar-refractivity contribution in [2.45, 2.75) is 0 Å². The molecule has 0 bridgehead atoms. The van der Waals surface area contributed by atoms with Gasteiger partial charge in [-0.05, 0) is 0 Å². The average molecular weight is 462 g/mol. The molecule has 0 unspecified atom stereocenters. The molecule has 0 N–H and O–H groups in total. The molecule has 0 amide bonds. The van der Waals surface area contributed by atoms with E-state index in [1.165, 1.54) is 20.0 Å². The number of carbonyl (C=O) groups excluding carboxylic acids is 1. The predicted octanol–water partition coefficient (Wildman–Crippen LogP) is -0.805. The Morgan fingerprint density at radius 3 is 2.48 bits per heavy atom. The van der Waals surface area contributed by atoms with Gasteiger partial charge in [-0.25, -0.2) is 0 Å². The molecular formula is C22H20LiN2O2SSe+. The van der Waals surface area contributed by atoms with Crippen LogP contribution in [0.25, 0.3) is 30.8 Å². The fourth-order valence-corrected chi connectivity index (χ4v) is 6.54. The van der Waals surface area contributed by atoms with Gasteiger partial charge in [0.25, 0.3) is 0 Å². The maximum absolute atomic E-state index is 11.7. The van der Waals surface area contributed by atoms with Gasteiger partial charge in [0.1, 0.15) is 0 Å². The number of thiophene rings is 1. The maximum atomic E-state index is 11.7. The third-order valence-corrected chi connectivity index (χ3v) is 8.08. The van der Waals surface area contributed by atoms with Crippen molar-refractivity contribution in [1.29, 1.82) is 0 Å². The van der Waals surface area contributed by atoms with E-state index in [0.717, 1.165) is 33.1 Å². The summed E-state index contributed by atoms with van der Waals surface area (Å²) in [6.07, 6.45) is 0. The van der Waals surface area contributed by atoms with Crippen LogP contribution in [-0.2, 0) is 0 Å². The van der Waals surface area contributed by atoms with Gasteiger partial charge in [-0.3, -0.25) is 0 Å². The van der Waals surface area contributed by atoms with Crippen LogP contribution in [-0.4, -0.2) is 48.7 Å². The molecule has 1 aromatic carbocycles. The molecular weight excluding hydrogens is 442 g/mol. The number of benzene rings is 2. The Balaban J connectivity index is 0.00000240. The van der Waals surface area contributed by atoms with Crippen LogP contribution < -0.4 is 38.8 Å². The minimum atomic E-state index is -1.12. The second kappa shape index (κ2) is 8.51. The smallest absolute Gasteiger partial charge is 1.00 e. The molecule has 0 fully saturated rings. The van der Waals surface area contributed by atoms with E-state index in [1.54, 1.807) is 0 Å². The minimum Gasteiger partial charge on any atom is 1.00 e. The van der Waals surface area contributed by atoms with Gasteiger partial charge in [-0.15, -0.1) is 0 Å². The SMILES string of the molecule is CN(C)c1ccc2c(-c3ccsc3C(=O)[O-])c3ccc(=[N+](C)C)cc-3[se]c2c1.[Li+]. The minimum absolute atomic E-state index is 0. The first kappa shape index (κ1) is 21.9. The number of hydrogen-bond donors (Lipinski definition) is 0. The molecule has 4 nitrogen and oxygen atoms in total. The summed E-state index contributed by atoms with van der Waals surface area (Å²) in [5.41, 5.74) is 4.02. The Morgan fingerprint density at radius 2 is 1.83 bits per heavy atom. The number of rotatable bonds is 3. The van der Waals surface area contributed by atoms with Crippen molar-refractivity contribution in [2.24, 2.45) is 0 Å². The molecule has 0 spiro atoms. The molecule has 2 aliphatic rings. The van der Waals surface area contributed by atoms with Crippen LogP contribution in [0.5, 0.6) is 0 Å². The Hall–Kier alpha value is -1.80. The van der Waals surface area contributed by atoms with E-state index in [-0.39, 0.29) is 38.2 Å². The van der Waals surface area contributed by atoms with E-state index in [9.17, 15) is 9.90 Å². The molecule has 4 rings (SSSR count). The fourth-order valence-electron chi connectivity index (χ4n) is 3.38. The number of nitrogens with zero attached hydrogens (tertiary/aromatic N) is 2. The summed E-state index contributed by atoms with van der Waals surface area (Å²) in [6, 6.07) is 14.8. The summed E-state index contributed by atoms with van der Waals surface area (Å²) in [4.78, 5) is 14.1. The molecule has 7 heteroatoms. The van der Waals surface area contributed by atoms with E-state index >= 15 is 0 Å². The van der Waals surface area contributed by atoms with Crippen molar-refractivity contribution in [3.63, 3.8) is 0 Å². The second-order valence-electron chi connectivity index (χ2n) is 7.08. The quantitative estimate of drug-likeness (QED) is 0.228. The fraction of sp³-hybridized carbons (Fsp3) is 0.182. The number of aromatic carboxylic acids is 1. The number of carbonyl (C=O) groups is 1. The Kier molecular flexibility index (Phi) is 6.43. The molecule has 1 aliphatic carbocycles. The zero-order chi connectivity index (χ0) is 20.0. The van der Waals surface area contributed by atoms with E-state index in [2.05, 4.69) is 45.9 Å². The van der Waals surface area contributed by atoms with Crippen LogP contribution in [0.2, 0.25) is 0 Å². The molecule has 2 heterocycles. The number of carboxylic acids is 1. The third kappa shape index (κ3) is 3.96. The molecule has 142 valence electrons. The van der Waals surface area contributed by atoms with Gasteiger partial charge < -0.3 is 0 Å². The van der Waals surface area contributed by atoms with Crippen molar-refractivity contribution in [1.82, 2.24) is 4.58 Å². The summed E-state index contributed by atoms with van der Waals surface area (Å²) in [6.45, 7) is 0. The maximum Gasteiger partial charge on any atom is 1.00 e. The van der Waals surface area contributed by atoms with Crippen LogP contribution >= 0.6 is 11.3 Å². The first-order chi connectivity index (χ1) is 13.4. The first-order valence-corrected chi connectivity index (χ1v) is 11.4. The molecule has 0 atom stereocenters. The summed E-state index contributed by atoms with van der Waals surface area (Å²) in [7, 11) is 8.14. The van der Waals surface area contributed by atoms with Crippen molar-refractivity contribution < 1.29 is 28.8 Å². The van der Waals surface area contributed by atoms with Gasteiger partial charge >= 0.3 is 193 Å². The van der Waals surface area contributed by atoms with E-state index < -0.39 is 5.97 Å². The van der Waals surface area contributed by atoms with Gasteiger partial charge in [0.2, 0.25) is 0 Å². The molecule has 0 radical (unpaired) electrons. The monoisotopic (exact) mass is 463 g/mol. The molecule has 1 aromatic heterocycles. The number of anilines is 1. The Labute approximate surface area is 192 Å². The van der Waals surface area contributed by atoms with Gasteiger partial charge in [0.15, 0.2) is 0 Å². The molecule has 0 saturated heterocycles. The standard InChI is InChI=1S/C22H20N2O2SSe.Li/c1-23(2)13-5-7-15-18(11-13)28-19-12-14(24(3)4)6-8-16(19)20(15)17-9-10-27-21(17)22(25)26;/h5-12H,1-4H3;/q;+1. The average Bonchev–Trinajstić information content (AvgIpc) is 3.14. The van der Waals surface area contributed by atoms with Crippen molar-refractivity contribution in [2.75, 3.05) is 33.1 Å². The molecule has 0 saturated carbocycles. The predicted molar refractivity (Wildman–Crippen MR) is 117 cm³/mol. The topological polar surface area (TPSA) is 46.4 Å². The molecule has 2 aromatic rings. The van der Waals surface area contributed by atoms with Gasteiger partial charge in [0, 0.05) is 0 Å². The zero-order valence-corrected chi connectivity index (χ0v) is 19.7. The van der Waals surface area contributed by atoms with E-state index in [4.69, 9.17) is 0 Å². The van der Waals surface area contributed by atoms with Crippen LogP contribution in [0, 0.1) is 0 Å². The summed E-state index contributed by atoms with van der Waals surface area (Å²) in [5, 5.41) is 15.8. The van der Waals surface area contributed by atoms with Crippen LogP contribution in [0.1, 0.15) is 9.67 Å². The number of hydrogen-bond acceptors (Lipinski definition) is 4. The normalized spacial score (nSPS) is 10.8. The van der Waals surface area contributed by atoms with Crippen molar-refractivity contribution in [3.8, 4) is 21.1 Å². The summed E-state index contributed by atoms with van der Waals surface area (Å²) in [5.74, 6) is -1.12. The van der Waals surface area contributed by atoms with Gasteiger partial charge in [-0.2, -0.15) is 0 Å². The van der Waals surface area contributed by atoms with Crippen molar-refractivity contribution >= 4 is 47.1 Å².